The predicted octanol–water partition coefficient (Wildman–Crippen LogP) is 3.57. The van der Waals surface area contributed by atoms with Gasteiger partial charge in [-0.2, -0.15) is 0 Å². The maximum absolute atomic E-state index is 6.41. The fraction of sp³-hybridized carbons (Fsp3) is 0.389. The zero-order valence-electron chi connectivity index (χ0n) is 13.5. The number of benzene rings is 1. The lowest BCUT2D eigenvalue weighted by atomic mass is 9.95. The summed E-state index contributed by atoms with van der Waals surface area (Å²) in [4.78, 5) is 4.54. The molecule has 0 saturated carbocycles. The van der Waals surface area contributed by atoms with E-state index in [2.05, 4.69) is 37.0 Å². The first-order valence-electron chi connectivity index (χ1n) is 7.25. The van der Waals surface area contributed by atoms with E-state index in [4.69, 9.17) is 10.5 Å². The number of aromatic nitrogens is 1. The second-order valence-electron chi connectivity index (χ2n) is 5.72. The third kappa shape index (κ3) is 3.24. The summed E-state index contributed by atoms with van der Waals surface area (Å²) >= 11 is 0. The summed E-state index contributed by atoms with van der Waals surface area (Å²) in [6, 6.07) is 6.36. The Balaban J connectivity index is 2.32. The van der Waals surface area contributed by atoms with Crippen molar-refractivity contribution >= 4 is 0 Å². The van der Waals surface area contributed by atoms with Gasteiger partial charge < -0.3 is 10.5 Å². The van der Waals surface area contributed by atoms with Crippen molar-refractivity contribution in [1.29, 1.82) is 0 Å². The van der Waals surface area contributed by atoms with Crippen molar-refractivity contribution in [2.24, 2.45) is 5.73 Å². The molecule has 3 heteroatoms. The van der Waals surface area contributed by atoms with Gasteiger partial charge in [0, 0.05) is 35.5 Å². The van der Waals surface area contributed by atoms with Gasteiger partial charge in [0.15, 0.2) is 0 Å². The molecule has 1 unspecified atom stereocenters. The molecule has 0 aliphatic carbocycles. The highest BCUT2D eigenvalue weighted by atomic mass is 16.5. The topological polar surface area (TPSA) is 48.1 Å². The van der Waals surface area contributed by atoms with Crippen LogP contribution in [0.3, 0.4) is 0 Å². The summed E-state index contributed by atoms with van der Waals surface area (Å²) in [6.07, 6.45) is 2.57. The second-order valence-corrected chi connectivity index (χ2v) is 5.72. The normalized spacial score (nSPS) is 12.3. The number of nitrogens with zero attached hydrogens (tertiary/aromatic N) is 1. The molecule has 0 amide bonds. The molecule has 2 N–H and O–H groups in total. The van der Waals surface area contributed by atoms with Crippen LogP contribution in [-0.2, 0) is 6.42 Å². The third-order valence-corrected chi connectivity index (χ3v) is 4.00. The number of ether oxygens (including phenoxy) is 1. The van der Waals surface area contributed by atoms with Crippen LogP contribution in [0.25, 0.3) is 0 Å². The first-order chi connectivity index (χ1) is 9.93. The van der Waals surface area contributed by atoms with Gasteiger partial charge in [-0.3, -0.25) is 4.98 Å². The Bertz CT molecular complexity index is 650. The summed E-state index contributed by atoms with van der Waals surface area (Å²) < 4.78 is 5.47. The molecule has 0 bridgehead atoms. The van der Waals surface area contributed by atoms with Crippen LogP contribution in [0.4, 0.5) is 0 Å². The fourth-order valence-corrected chi connectivity index (χ4v) is 2.75. The summed E-state index contributed by atoms with van der Waals surface area (Å²) in [6.45, 7) is 8.25. The van der Waals surface area contributed by atoms with Crippen molar-refractivity contribution in [2.75, 3.05) is 7.11 Å². The van der Waals surface area contributed by atoms with Gasteiger partial charge in [0.1, 0.15) is 5.75 Å². The van der Waals surface area contributed by atoms with E-state index in [0.717, 1.165) is 22.6 Å². The lowest BCUT2D eigenvalue weighted by molar-refractivity contribution is 0.406. The number of methoxy groups -OCH3 is 1. The molecule has 1 aromatic heterocycles. The number of pyridine rings is 1. The third-order valence-electron chi connectivity index (χ3n) is 4.00. The molecule has 21 heavy (non-hydrogen) atoms. The standard InChI is InChI=1S/C18H24N2O/c1-11-6-7-12(2)15(8-11)16(19)9-17-14(4)18(21-5)13(3)10-20-17/h6-8,10,16H,9,19H2,1-5H3. The number of hydrogen-bond acceptors (Lipinski definition) is 3. The fourth-order valence-electron chi connectivity index (χ4n) is 2.75. The van der Waals surface area contributed by atoms with Gasteiger partial charge in [0.05, 0.1) is 7.11 Å². The SMILES string of the molecule is COc1c(C)cnc(CC(N)c2cc(C)ccc2C)c1C. The van der Waals surface area contributed by atoms with Crippen molar-refractivity contribution in [2.45, 2.75) is 40.2 Å². The van der Waals surface area contributed by atoms with Crippen molar-refractivity contribution in [1.82, 2.24) is 4.98 Å². The molecule has 0 radical (unpaired) electrons. The zero-order chi connectivity index (χ0) is 15.6. The highest BCUT2D eigenvalue weighted by molar-refractivity contribution is 5.42. The van der Waals surface area contributed by atoms with Crippen LogP contribution in [0.15, 0.2) is 24.4 Å². The minimum absolute atomic E-state index is 0.0523. The van der Waals surface area contributed by atoms with Gasteiger partial charge in [-0.05, 0) is 38.8 Å². The molecule has 0 fully saturated rings. The second kappa shape index (κ2) is 6.27. The van der Waals surface area contributed by atoms with E-state index in [1.165, 1.54) is 16.7 Å². The molecule has 2 rings (SSSR count). The first kappa shape index (κ1) is 15.5. The molecular weight excluding hydrogens is 260 g/mol. The van der Waals surface area contributed by atoms with Gasteiger partial charge in [0.25, 0.3) is 0 Å². The molecule has 0 spiro atoms. The summed E-state index contributed by atoms with van der Waals surface area (Å²) in [5, 5.41) is 0. The van der Waals surface area contributed by atoms with Crippen molar-refractivity contribution < 1.29 is 4.74 Å². The zero-order valence-corrected chi connectivity index (χ0v) is 13.5. The summed E-state index contributed by atoms with van der Waals surface area (Å²) in [5.74, 6) is 0.910. The van der Waals surface area contributed by atoms with Crippen LogP contribution in [0.2, 0.25) is 0 Å². The number of nitrogens with two attached hydrogens (primary N) is 1. The highest BCUT2D eigenvalue weighted by Crippen LogP contribution is 2.27. The van der Waals surface area contributed by atoms with Gasteiger partial charge in [-0.15, -0.1) is 0 Å². The smallest absolute Gasteiger partial charge is 0.128 e. The van der Waals surface area contributed by atoms with E-state index in [9.17, 15) is 0 Å². The van der Waals surface area contributed by atoms with Gasteiger partial charge in [-0.25, -0.2) is 0 Å². The monoisotopic (exact) mass is 284 g/mol. The van der Waals surface area contributed by atoms with Crippen LogP contribution < -0.4 is 10.5 Å². The van der Waals surface area contributed by atoms with Crippen molar-refractivity contribution in [3.8, 4) is 5.75 Å². The Morgan fingerprint density at radius 1 is 1.14 bits per heavy atom. The molecule has 1 atom stereocenters. The molecule has 0 aliphatic heterocycles. The Morgan fingerprint density at radius 3 is 2.52 bits per heavy atom. The lowest BCUT2D eigenvalue weighted by Gasteiger charge is -2.18. The number of rotatable bonds is 4. The first-order valence-corrected chi connectivity index (χ1v) is 7.25. The van der Waals surface area contributed by atoms with Crippen molar-refractivity contribution in [3.05, 3.63) is 57.9 Å². The van der Waals surface area contributed by atoms with Gasteiger partial charge >= 0.3 is 0 Å². The van der Waals surface area contributed by atoms with E-state index in [0.29, 0.717) is 6.42 Å². The Labute approximate surface area is 127 Å². The van der Waals surface area contributed by atoms with Crippen molar-refractivity contribution in [3.63, 3.8) is 0 Å². The molecule has 0 saturated heterocycles. The van der Waals surface area contributed by atoms with Crippen LogP contribution in [-0.4, -0.2) is 12.1 Å². The van der Waals surface area contributed by atoms with Gasteiger partial charge in [-0.1, -0.05) is 23.8 Å². The van der Waals surface area contributed by atoms with E-state index in [-0.39, 0.29) is 6.04 Å². The minimum atomic E-state index is -0.0523. The molecule has 2 aromatic rings. The number of hydrogen-bond donors (Lipinski definition) is 1. The maximum Gasteiger partial charge on any atom is 0.128 e. The van der Waals surface area contributed by atoms with E-state index < -0.39 is 0 Å². The molecule has 112 valence electrons. The highest BCUT2D eigenvalue weighted by Gasteiger charge is 2.15. The van der Waals surface area contributed by atoms with Crippen LogP contribution in [0, 0.1) is 27.7 Å². The minimum Gasteiger partial charge on any atom is -0.496 e. The van der Waals surface area contributed by atoms with Crippen LogP contribution in [0.5, 0.6) is 5.75 Å². The van der Waals surface area contributed by atoms with E-state index in [1.807, 2.05) is 20.0 Å². The molecule has 1 heterocycles. The Hall–Kier alpha value is -1.87. The van der Waals surface area contributed by atoms with E-state index >= 15 is 0 Å². The van der Waals surface area contributed by atoms with Crippen LogP contribution in [0.1, 0.15) is 39.6 Å². The molecule has 0 aliphatic rings. The van der Waals surface area contributed by atoms with Crippen LogP contribution >= 0.6 is 0 Å². The average molecular weight is 284 g/mol. The average Bonchev–Trinajstić information content (AvgIpc) is 2.45. The van der Waals surface area contributed by atoms with E-state index in [1.54, 1.807) is 7.11 Å². The molecular formula is C18H24N2O. The van der Waals surface area contributed by atoms with Gasteiger partial charge in [0.2, 0.25) is 0 Å². The lowest BCUT2D eigenvalue weighted by Crippen LogP contribution is -2.16. The molecule has 3 nitrogen and oxygen atoms in total. The summed E-state index contributed by atoms with van der Waals surface area (Å²) in [7, 11) is 1.70. The number of aryl methyl sites for hydroxylation is 3. The Kier molecular flexibility index (Phi) is 4.63. The molecule has 1 aromatic carbocycles. The maximum atomic E-state index is 6.41. The predicted molar refractivity (Wildman–Crippen MR) is 86.8 cm³/mol. The summed E-state index contributed by atoms with van der Waals surface area (Å²) in [5.41, 5.74) is 13.2. The quantitative estimate of drug-likeness (QED) is 0.933. The Morgan fingerprint density at radius 2 is 1.86 bits per heavy atom. The largest absolute Gasteiger partial charge is 0.496 e.